The molecular formula is C20H18F3N7O2. The van der Waals surface area contributed by atoms with Crippen molar-refractivity contribution in [1.82, 2.24) is 34.3 Å². The summed E-state index contributed by atoms with van der Waals surface area (Å²) in [5, 5.41) is 11.0. The summed E-state index contributed by atoms with van der Waals surface area (Å²) in [5.41, 5.74) is 0.131. The number of hydrogen-bond acceptors (Lipinski definition) is 5. The smallest absolute Gasteiger partial charge is 0.352 e. The van der Waals surface area contributed by atoms with Gasteiger partial charge in [-0.3, -0.25) is 9.20 Å². The van der Waals surface area contributed by atoms with Gasteiger partial charge in [0, 0.05) is 25.5 Å². The highest BCUT2D eigenvalue weighted by atomic mass is 19.4. The molecule has 1 N–H and O–H groups in total. The van der Waals surface area contributed by atoms with E-state index in [1.165, 1.54) is 26.0 Å². The molecule has 4 heterocycles. The molecule has 0 aliphatic heterocycles. The summed E-state index contributed by atoms with van der Waals surface area (Å²) in [6.45, 7) is 2.24. The average Bonchev–Trinajstić information content (AvgIpc) is 3.31. The first kappa shape index (κ1) is 21.3. The first-order valence-electron chi connectivity index (χ1n) is 9.66. The minimum atomic E-state index is -4.48. The highest BCUT2D eigenvalue weighted by molar-refractivity contribution is 5.95. The lowest BCUT2D eigenvalue weighted by Crippen LogP contribution is -2.27. The number of nitrogens with one attached hydrogen (secondary N) is 1. The Morgan fingerprint density at radius 2 is 1.97 bits per heavy atom. The first-order valence-corrected chi connectivity index (χ1v) is 9.66. The maximum atomic E-state index is 12.7. The third kappa shape index (κ3) is 4.11. The van der Waals surface area contributed by atoms with Crippen molar-refractivity contribution in [2.24, 2.45) is 0 Å². The van der Waals surface area contributed by atoms with Gasteiger partial charge in [-0.1, -0.05) is 6.07 Å². The number of pyridine rings is 2. The SMILES string of the molecule is Cc1c(C(=O)NCCCn2nc3ccccn3c2=O)cnn1-c1ccc(C(F)(F)F)cn1. The van der Waals surface area contributed by atoms with Crippen LogP contribution in [0.15, 0.2) is 53.7 Å². The van der Waals surface area contributed by atoms with Gasteiger partial charge in [0.1, 0.15) is 0 Å². The van der Waals surface area contributed by atoms with Gasteiger partial charge in [0.05, 0.1) is 23.0 Å². The van der Waals surface area contributed by atoms with Crippen molar-refractivity contribution in [2.45, 2.75) is 26.1 Å². The second-order valence-corrected chi connectivity index (χ2v) is 7.00. The molecule has 1 amide bonds. The van der Waals surface area contributed by atoms with Crippen LogP contribution >= 0.6 is 0 Å². The summed E-state index contributed by atoms with van der Waals surface area (Å²) >= 11 is 0. The van der Waals surface area contributed by atoms with Gasteiger partial charge in [0.15, 0.2) is 11.5 Å². The van der Waals surface area contributed by atoms with Crippen LogP contribution in [0.2, 0.25) is 0 Å². The molecule has 0 aliphatic carbocycles. The second-order valence-electron chi connectivity index (χ2n) is 7.00. The van der Waals surface area contributed by atoms with Crippen LogP contribution in [0, 0.1) is 6.92 Å². The van der Waals surface area contributed by atoms with Crippen molar-refractivity contribution in [1.29, 1.82) is 0 Å². The molecular weight excluding hydrogens is 427 g/mol. The molecule has 12 heteroatoms. The molecule has 0 aliphatic rings. The van der Waals surface area contributed by atoms with Crippen molar-refractivity contribution < 1.29 is 18.0 Å². The lowest BCUT2D eigenvalue weighted by atomic mass is 10.2. The zero-order chi connectivity index (χ0) is 22.9. The number of fused-ring (bicyclic) bond motifs is 1. The van der Waals surface area contributed by atoms with E-state index >= 15 is 0 Å². The van der Waals surface area contributed by atoms with E-state index in [4.69, 9.17) is 0 Å². The molecule has 0 atom stereocenters. The Labute approximate surface area is 179 Å². The van der Waals surface area contributed by atoms with Gasteiger partial charge in [-0.25, -0.2) is 19.1 Å². The molecule has 0 fully saturated rings. The number of nitrogens with zero attached hydrogens (tertiary/aromatic N) is 6. The fraction of sp³-hybridized carbons (Fsp3) is 0.250. The summed E-state index contributed by atoms with van der Waals surface area (Å²) in [4.78, 5) is 28.5. The van der Waals surface area contributed by atoms with E-state index in [0.717, 1.165) is 12.3 Å². The van der Waals surface area contributed by atoms with Crippen LogP contribution in [-0.2, 0) is 12.7 Å². The summed E-state index contributed by atoms with van der Waals surface area (Å²) < 4.78 is 42.2. The molecule has 9 nitrogen and oxygen atoms in total. The van der Waals surface area contributed by atoms with E-state index in [9.17, 15) is 22.8 Å². The van der Waals surface area contributed by atoms with Crippen molar-refractivity contribution in [3.8, 4) is 5.82 Å². The summed E-state index contributed by atoms with van der Waals surface area (Å²) in [5.74, 6) is -0.219. The van der Waals surface area contributed by atoms with E-state index < -0.39 is 11.7 Å². The molecule has 0 saturated heterocycles. The number of hydrogen-bond donors (Lipinski definition) is 1. The van der Waals surface area contributed by atoms with Gasteiger partial charge in [0.2, 0.25) is 0 Å². The normalized spacial score (nSPS) is 11.8. The van der Waals surface area contributed by atoms with E-state index in [0.29, 0.717) is 30.9 Å². The van der Waals surface area contributed by atoms with Crippen molar-refractivity contribution in [3.63, 3.8) is 0 Å². The highest BCUT2D eigenvalue weighted by Crippen LogP contribution is 2.28. The third-order valence-corrected chi connectivity index (χ3v) is 4.87. The molecule has 166 valence electrons. The van der Waals surface area contributed by atoms with E-state index in [1.807, 2.05) is 0 Å². The predicted octanol–water partition coefficient (Wildman–Crippen LogP) is 2.22. The standard InChI is InChI=1S/C20H18F3N7O2/c1-13-15(12-26-30(13)16-7-6-14(11-25-16)20(21,22)23)18(31)24-8-4-10-29-19(32)28-9-3-2-5-17(28)27-29/h2-3,5-7,9,11-12H,4,8,10H2,1H3,(H,24,31). The summed E-state index contributed by atoms with van der Waals surface area (Å²) in [7, 11) is 0. The first-order chi connectivity index (χ1) is 15.3. The zero-order valence-corrected chi connectivity index (χ0v) is 16.9. The Bertz CT molecular complexity index is 1320. The molecule has 0 bridgehead atoms. The fourth-order valence-electron chi connectivity index (χ4n) is 3.18. The largest absolute Gasteiger partial charge is 0.417 e. The molecule has 4 aromatic rings. The number of halogens is 3. The zero-order valence-electron chi connectivity index (χ0n) is 16.9. The van der Waals surface area contributed by atoms with Crippen molar-refractivity contribution in [3.05, 3.63) is 76.2 Å². The van der Waals surface area contributed by atoms with Crippen LogP contribution < -0.4 is 11.0 Å². The maximum absolute atomic E-state index is 12.7. The predicted molar refractivity (Wildman–Crippen MR) is 108 cm³/mol. The van der Waals surface area contributed by atoms with Gasteiger partial charge < -0.3 is 5.32 Å². The van der Waals surface area contributed by atoms with Crippen LogP contribution in [0.3, 0.4) is 0 Å². The Morgan fingerprint density at radius 1 is 1.16 bits per heavy atom. The van der Waals surface area contributed by atoms with Crippen LogP contribution in [0.5, 0.6) is 0 Å². The number of amides is 1. The maximum Gasteiger partial charge on any atom is 0.417 e. The van der Waals surface area contributed by atoms with Gasteiger partial charge in [-0.05, 0) is 37.6 Å². The van der Waals surface area contributed by atoms with Crippen LogP contribution in [0.25, 0.3) is 11.5 Å². The van der Waals surface area contributed by atoms with Crippen LogP contribution in [0.1, 0.15) is 28.0 Å². The minimum Gasteiger partial charge on any atom is -0.352 e. The van der Waals surface area contributed by atoms with E-state index in [2.05, 4.69) is 20.5 Å². The number of carbonyl (C=O) groups excluding carboxylic acids is 1. The van der Waals surface area contributed by atoms with Gasteiger partial charge in [-0.15, -0.1) is 5.10 Å². The van der Waals surface area contributed by atoms with Gasteiger partial charge in [0.25, 0.3) is 5.91 Å². The minimum absolute atomic E-state index is 0.167. The van der Waals surface area contributed by atoms with Crippen molar-refractivity contribution >= 4 is 11.6 Å². The van der Waals surface area contributed by atoms with Crippen LogP contribution in [0.4, 0.5) is 13.2 Å². The number of aromatic nitrogens is 6. The number of carbonyl (C=O) groups is 1. The van der Waals surface area contributed by atoms with E-state index in [-0.39, 0.29) is 23.0 Å². The quantitative estimate of drug-likeness (QED) is 0.459. The third-order valence-electron chi connectivity index (χ3n) is 4.87. The Kier molecular flexibility index (Phi) is 5.51. The number of alkyl halides is 3. The second kappa shape index (κ2) is 8.29. The molecule has 0 spiro atoms. The van der Waals surface area contributed by atoms with Crippen LogP contribution in [-0.4, -0.2) is 41.4 Å². The average molecular weight is 445 g/mol. The lowest BCUT2D eigenvalue weighted by molar-refractivity contribution is -0.137. The van der Waals surface area contributed by atoms with Gasteiger partial charge >= 0.3 is 11.9 Å². The fourth-order valence-corrected chi connectivity index (χ4v) is 3.18. The Balaban J connectivity index is 1.37. The Morgan fingerprint density at radius 3 is 2.66 bits per heavy atom. The molecule has 0 saturated carbocycles. The topological polar surface area (TPSA) is 99.1 Å². The number of aryl methyl sites for hydroxylation is 1. The molecule has 4 rings (SSSR count). The molecule has 0 aromatic carbocycles. The summed E-state index contributed by atoms with van der Waals surface area (Å²) in [6, 6.07) is 7.35. The monoisotopic (exact) mass is 445 g/mol. The van der Waals surface area contributed by atoms with Crippen molar-refractivity contribution in [2.75, 3.05) is 6.54 Å². The Hall–Kier alpha value is -3.96. The summed E-state index contributed by atoms with van der Waals surface area (Å²) in [6.07, 6.45) is -0.323. The lowest BCUT2D eigenvalue weighted by Gasteiger charge is -2.08. The number of rotatable bonds is 6. The molecule has 0 radical (unpaired) electrons. The van der Waals surface area contributed by atoms with Gasteiger partial charge in [-0.2, -0.15) is 18.3 Å². The molecule has 4 aromatic heterocycles. The van der Waals surface area contributed by atoms with E-state index in [1.54, 1.807) is 31.3 Å². The highest BCUT2D eigenvalue weighted by Gasteiger charge is 2.30. The molecule has 0 unspecified atom stereocenters. The molecule has 32 heavy (non-hydrogen) atoms.